The maximum Gasteiger partial charge on any atom is 0.229 e. The second kappa shape index (κ2) is 3.72. The molecule has 1 atom stereocenters. The first-order valence-corrected chi connectivity index (χ1v) is 4.70. The number of nitrogens with one attached hydrogen (secondary N) is 2. The highest BCUT2D eigenvalue weighted by Gasteiger charge is 2.23. The summed E-state index contributed by atoms with van der Waals surface area (Å²) in [7, 11) is 3.68. The molecule has 1 amide bonds. The maximum absolute atomic E-state index is 11.4. The van der Waals surface area contributed by atoms with Crippen molar-refractivity contribution in [1.29, 1.82) is 0 Å². The minimum absolute atomic E-state index is 0.0201. The fourth-order valence-electron chi connectivity index (χ4n) is 1.43. The van der Waals surface area contributed by atoms with Gasteiger partial charge in [0.2, 0.25) is 11.9 Å². The molecule has 80 valence electrons. The number of H-pyrrole nitrogens is 1. The smallest absolute Gasteiger partial charge is 0.229 e. The summed E-state index contributed by atoms with van der Waals surface area (Å²) in [6.07, 6.45) is 3.65. The third kappa shape index (κ3) is 1.98. The molecule has 0 saturated carbocycles. The third-order valence-electron chi connectivity index (χ3n) is 2.21. The second-order valence-corrected chi connectivity index (χ2v) is 3.62. The number of carbonyl (C=O) groups excluding carboxylic acids is 1. The summed E-state index contributed by atoms with van der Waals surface area (Å²) in [5, 5.41) is 2.71. The summed E-state index contributed by atoms with van der Waals surface area (Å²) in [4.78, 5) is 24.5. The highest BCUT2D eigenvalue weighted by atomic mass is 16.2. The zero-order chi connectivity index (χ0) is 10.8. The number of imidazole rings is 1. The molecule has 0 bridgehead atoms. The van der Waals surface area contributed by atoms with Gasteiger partial charge in [-0.05, 0) is 0 Å². The summed E-state index contributed by atoms with van der Waals surface area (Å²) in [6.45, 7) is 0. The van der Waals surface area contributed by atoms with Gasteiger partial charge < -0.3 is 9.88 Å². The molecular weight excluding hydrogens is 194 g/mol. The fourth-order valence-corrected chi connectivity index (χ4v) is 1.43. The average molecular weight is 207 g/mol. The molecule has 0 aromatic carbocycles. The lowest BCUT2D eigenvalue weighted by Gasteiger charge is -2.24. The van der Waals surface area contributed by atoms with Crippen LogP contribution in [0.3, 0.4) is 0 Å². The van der Waals surface area contributed by atoms with E-state index in [-0.39, 0.29) is 11.9 Å². The Kier molecular flexibility index (Phi) is 2.40. The molecule has 0 aliphatic carbocycles. The summed E-state index contributed by atoms with van der Waals surface area (Å²) in [6, 6.07) is -0.154. The Labute approximate surface area is 87.4 Å². The fraction of sp³-hybridized carbons (Fsp3) is 0.444. The van der Waals surface area contributed by atoms with Crippen molar-refractivity contribution in [3.63, 3.8) is 0 Å². The van der Waals surface area contributed by atoms with E-state index in [2.05, 4.69) is 20.3 Å². The third-order valence-corrected chi connectivity index (χ3v) is 2.21. The van der Waals surface area contributed by atoms with Crippen LogP contribution in [0.2, 0.25) is 0 Å². The predicted molar refractivity (Wildman–Crippen MR) is 55.2 cm³/mol. The van der Waals surface area contributed by atoms with Crippen molar-refractivity contribution in [2.75, 3.05) is 14.1 Å². The number of hydrogen-bond acceptors (Lipinski definition) is 4. The van der Waals surface area contributed by atoms with E-state index in [1.54, 1.807) is 17.4 Å². The van der Waals surface area contributed by atoms with Gasteiger partial charge in [0.25, 0.3) is 0 Å². The topological polar surface area (TPSA) is 73.4 Å². The highest BCUT2D eigenvalue weighted by molar-refractivity contribution is 5.99. The molecule has 2 heterocycles. The lowest BCUT2D eigenvalue weighted by molar-refractivity contribution is -0.120. The van der Waals surface area contributed by atoms with E-state index in [9.17, 15) is 4.79 Å². The Bertz CT molecular complexity index is 381. The number of aromatic nitrogens is 2. The van der Waals surface area contributed by atoms with Gasteiger partial charge in [-0.25, -0.2) is 9.98 Å². The van der Waals surface area contributed by atoms with Crippen LogP contribution in [0, 0.1) is 0 Å². The molecule has 6 nitrogen and oxygen atoms in total. The van der Waals surface area contributed by atoms with E-state index < -0.39 is 0 Å². The lowest BCUT2D eigenvalue weighted by Crippen LogP contribution is -2.44. The molecule has 0 radical (unpaired) electrons. The first-order valence-electron chi connectivity index (χ1n) is 4.70. The molecular formula is C9H13N5O. The number of carbonyl (C=O) groups is 1. The van der Waals surface area contributed by atoms with Crippen LogP contribution in [0.1, 0.15) is 18.2 Å². The number of rotatable bonds is 1. The minimum atomic E-state index is -0.154. The van der Waals surface area contributed by atoms with Crippen molar-refractivity contribution in [3.05, 3.63) is 18.2 Å². The van der Waals surface area contributed by atoms with Crippen molar-refractivity contribution >= 4 is 11.9 Å². The summed E-state index contributed by atoms with van der Waals surface area (Å²) < 4.78 is 0. The van der Waals surface area contributed by atoms with Crippen molar-refractivity contribution in [2.24, 2.45) is 4.99 Å². The Balaban J connectivity index is 2.26. The Morgan fingerprint density at radius 2 is 2.33 bits per heavy atom. The number of amides is 1. The zero-order valence-corrected chi connectivity index (χ0v) is 8.69. The Hall–Kier alpha value is -1.85. The van der Waals surface area contributed by atoms with Crippen molar-refractivity contribution < 1.29 is 4.79 Å². The van der Waals surface area contributed by atoms with Gasteiger partial charge in [-0.15, -0.1) is 0 Å². The number of guanidine groups is 1. The van der Waals surface area contributed by atoms with Crippen LogP contribution in [0.25, 0.3) is 0 Å². The van der Waals surface area contributed by atoms with Crippen LogP contribution >= 0.6 is 0 Å². The van der Waals surface area contributed by atoms with E-state index >= 15 is 0 Å². The Morgan fingerprint density at radius 1 is 1.53 bits per heavy atom. The van der Waals surface area contributed by atoms with Crippen molar-refractivity contribution in [3.8, 4) is 0 Å². The van der Waals surface area contributed by atoms with Crippen LogP contribution in [0.4, 0.5) is 0 Å². The lowest BCUT2D eigenvalue weighted by atomic mass is 10.1. The SMILES string of the molecule is CN(C)C1=NC(c2cnc[nH]2)CC(=O)N1. The molecule has 0 spiro atoms. The Morgan fingerprint density at radius 3 is 2.93 bits per heavy atom. The van der Waals surface area contributed by atoms with E-state index in [0.29, 0.717) is 12.4 Å². The molecule has 2 N–H and O–H groups in total. The van der Waals surface area contributed by atoms with E-state index in [4.69, 9.17) is 0 Å². The first-order chi connectivity index (χ1) is 7.16. The van der Waals surface area contributed by atoms with Gasteiger partial charge in [0.15, 0.2) is 0 Å². The van der Waals surface area contributed by atoms with E-state index in [0.717, 1.165) is 5.69 Å². The summed E-state index contributed by atoms with van der Waals surface area (Å²) in [5.41, 5.74) is 0.865. The van der Waals surface area contributed by atoms with Gasteiger partial charge in [0.1, 0.15) is 6.04 Å². The zero-order valence-electron chi connectivity index (χ0n) is 8.69. The highest BCUT2D eigenvalue weighted by Crippen LogP contribution is 2.21. The molecule has 1 unspecified atom stereocenters. The number of aliphatic imine (C=N–C) groups is 1. The molecule has 1 aromatic heterocycles. The number of aromatic amines is 1. The van der Waals surface area contributed by atoms with Crippen molar-refractivity contribution in [2.45, 2.75) is 12.5 Å². The molecule has 1 aromatic rings. The standard InChI is InChI=1S/C9H13N5O/c1-14(2)9-12-6(3-8(15)13-9)7-4-10-5-11-7/h4-6H,3H2,1-2H3,(H,10,11)(H,12,13,15). The summed E-state index contributed by atoms with van der Waals surface area (Å²) >= 11 is 0. The van der Waals surface area contributed by atoms with Gasteiger partial charge in [-0.1, -0.05) is 0 Å². The van der Waals surface area contributed by atoms with Crippen LogP contribution in [0.15, 0.2) is 17.5 Å². The monoisotopic (exact) mass is 207 g/mol. The molecule has 15 heavy (non-hydrogen) atoms. The van der Waals surface area contributed by atoms with Crippen LogP contribution in [-0.2, 0) is 4.79 Å². The van der Waals surface area contributed by atoms with Gasteiger partial charge in [-0.2, -0.15) is 0 Å². The van der Waals surface area contributed by atoms with Crippen LogP contribution in [-0.4, -0.2) is 40.8 Å². The van der Waals surface area contributed by atoms with Gasteiger partial charge in [0, 0.05) is 14.1 Å². The van der Waals surface area contributed by atoms with Gasteiger partial charge in [-0.3, -0.25) is 10.1 Å². The quantitative estimate of drug-likeness (QED) is 0.674. The predicted octanol–water partition coefficient (Wildman–Crippen LogP) is -0.112. The van der Waals surface area contributed by atoms with E-state index in [1.807, 2.05) is 14.1 Å². The summed E-state index contributed by atoms with van der Waals surface area (Å²) in [5.74, 6) is 0.569. The number of nitrogens with zero attached hydrogens (tertiary/aromatic N) is 3. The van der Waals surface area contributed by atoms with Gasteiger partial charge >= 0.3 is 0 Å². The molecule has 6 heteroatoms. The average Bonchev–Trinajstić information content (AvgIpc) is 2.69. The molecule has 0 saturated heterocycles. The maximum atomic E-state index is 11.4. The van der Waals surface area contributed by atoms with Crippen LogP contribution < -0.4 is 5.32 Å². The number of hydrogen-bond donors (Lipinski definition) is 2. The largest absolute Gasteiger partial charge is 0.349 e. The van der Waals surface area contributed by atoms with Gasteiger partial charge in [0.05, 0.1) is 24.6 Å². The molecule has 1 aliphatic rings. The molecule has 0 fully saturated rings. The van der Waals surface area contributed by atoms with E-state index in [1.165, 1.54) is 0 Å². The first kappa shape index (κ1) is 9.70. The molecule has 1 aliphatic heterocycles. The second-order valence-electron chi connectivity index (χ2n) is 3.62. The molecule has 2 rings (SSSR count). The minimum Gasteiger partial charge on any atom is -0.349 e. The van der Waals surface area contributed by atoms with Crippen LogP contribution in [0.5, 0.6) is 0 Å². The van der Waals surface area contributed by atoms with Crippen molar-refractivity contribution in [1.82, 2.24) is 20.2 Å². The normalized spacial score (nSPS) is 20.8.